The molecule has 0 spiro atoms. The van der Waals surface area contributed by atoms with Crippen molar-refractivity contribution in [2.75, 3.05) is 12.1 Å². The maximum absolute atomic E-state index is 12.1. The Morgan fingerprint density at radius 3 is 2.36 bits per heavy atom. The van der Waals surface area contributed by atoms with Crippen LogP contribution in [0.4, 0.5) is 5.69 Å². The number of hydrogen-bond acceptors (Lipinski definition) is 4. The van der Waals surface area contributed by atoms with Crippen LogP contribution in [-0.2, 0) is 4.79 Å². The molecule has 0 atom stereocenters. The molecule has 0 aliphatic carbocycles. The summed E-state index contributed by atoms with van der Waals surface area (Å²) in [6.07, 6.45) is 3.21. The zero-order valence-corrected chi connectivity index (χ0v) is 15.3. The second kappa shape index (κ2) is 7.88. The number of aryl methyl sites for hydroxylation is 1. The number of ether oxygens (including phenoxy) is 3. The highest BCUT2D eigenvalue weighted by molar-refractivity contribution is 6.02. The predicted molar refractivity (Wildman–Crippen MR) is 108 cm³/mol. The van der Waals surface area contributed by atoms with Gasteiger partial charge in [0.1, 0.15) is 11.5 Å². The summed E-state index contributed by atoms with van der Waals surface area (Å²) < 4.78 is 16.4. The van der Waals surface area contributed by atoms with Crippen LogP contribution in [0.25, 0.3) is 6.08 Å². The Labute approximate surface area is 163 Å². The van der Waals surface area contributed by atoms with Crippen LogP contribution in [0.1, 0.15) is 11.1 Å². The van der Waals surface area contributed by atoms with Gasteiger partial charge in [0.25, 0.3) is 0 Å². The number of fused-ring (bicyclic) bond motifs is 1. The average Bonchev–Trinajstić information content (AvgIpc) is 3.17. The average molecular weight is 373 g/mol. The molecule has 0 saturated carbocycles. The first-order valence-corrected chi connectivity index (χ1v) is 8.89. The van der Waals surface area contributed by atoms with Crippen LogP contribution in [0.2, 0.25) is 0 Å². The quantitative estimate of drug-likeness (QED) is 0.627. The maximum Gasteiger partial charge on any atom is 0.248 e. The highest BCUT2D eigenvalue weighted by Crippen LogP contribution is 2.32. The van der Waals surface area contributed by atoms with Gasteiger partial charge in [-0.05, 0) is 67.1 Å². The molecule has 5 nitrogen and oxygen atoms in total. The van der Waals surface area contributed by atoms with E-state index in [-0.39, 0.29) is 12.7 Å². The lowest BCUT2D eigenvalue weighted by atomic mass is 10.2. The van der Waals surface area contributed by atoms with E-state index in [4.69, 9.17) is 14.2 Å². The van der Waals surface area contributed by atoms with E-state index in [0.717, 1.165) is 17.1 Å². The Bertz CT molecular complexity index is 1010. The molecule has 1 aliphatic heterocycles. The second-order valence-electron chi connectivity index (χ2n) is 6.37. The fourth-order valence-electron chi connectivity index (χ4n) is 2.72. The summed E-state index contributed by atoms with van der Waals surface area (Å²) in [5.74, 6) is 2.66. The van der Waals surface area contributed by atoms with E-state index in [9.17, 15) is 4.79 Å². The lowest BCUT2D eigenvalue weighted by Crippen LogP contribution is -2.07. The van der Waals surface area contributed by atoms with Gasteiger partial charge in [-0.15, -0.1) is 0 Å². The van der Waals surface area contributed by atoms with Gasteiger partial charge in [0.15, 0.2) is 11.5 Å². The number of carbonyl (C=O) groups excluding carboxylic acids is 1. The van der Waals surface area contributed by atoms with Crippen LogP contribution < -0.4 is 19.5 Å². The Balaban J connectivity index is 1.34. The van der Waals surface area contributed by atoms with Gasteiger partial charge in [-0.3, -0.25) is 4.79 Å². The summed E-state index contributed by atoms with van der Waals surface area (Å²) in [7, 11) is 0. The fraction of sp³-hybridized carbons (Fsp3) is 0.0870. The van der Waals surface area contributed by atoms with Gasteiger partial charge in [0.05, 0.1) is 0 Å². The molecule has 3 aromatic carbocycles. The topological polar surface area (TPSA) is 56.8 Å². The van der Waals surface area contributed by atoms with Crippen molar-refractivity contribution >= 4 is 17.7 Å². The van der Waals surface area contributed by atoms with Gasteiger partial charge in [-0.1, -0.05) is 23.8 Å². The van der Waals surface area contributed by atoms with Crippen LogP contribution in [0.5, 0.6) is 23.0 Å². The molecule has 0 fully saturated rings. The highest BCUT2D eigenvalue weighted by atomic mass is 16.7. The Morgan fingerprint density at radius 2 is 1.61 bits per heavy atom. The highest BCUT2D eigenvalue weighted by Gasteiger charge is 2.12. The summed E-state index contributed by atoms with van der Waals surface area (Å²) in [6.45, 7) is 2.26. The zero-order chi connectivity index (χ0) is 19.3. The molecule has 140 valence electrons. The predicted octanol–water partition coefficient (Wildman–Crippen LogP) is 5.17. The molecule has 0 saturated heterocycles. The molecule has 0 radical (unpaired) electrons. The van der Waals surface area contributed by atoms with Crippen LogP contribution in [0.3, 0.4) is 0 Å². The number of rotatable bonds is 5. The van der Waals surface area contributed by atoms with Crippen LogP contribution in [-0.4, -0.2) is 12.7 Å². The van der Waals surface area contributed by atoms with Gasteiger partial charge in [0, 0.05) is 11.8 Å². The van der Waals surface area contributed by atoms with Gasteiger partial charge in [-0.25, -0.2) is 0 Å². The largest absolute Gasteiger partial charge is 0.457 e. The molecular formula is C23H19NO4. The third-order valence-electron chi connectivity index (χ3n) is 4.20. The first-order chi connectivity index (χ1) is 13.7. The van der Waals surface area contributed by atoms with E-state index in [0.29, 0.717) is 17.2 Å². The van der Waals surface area contributed by atoms with Crippen molar-refractivity contribution < 1.29 is 19.0 Å². The van der Waals surface area contributed by atoms with E-state index in [1.165, 1.54) is 11.6 Å². The first kappa shape index (κ1) is 17.7. The Hall–Kier alpha value is -3.73. The Kier molecular flexibility index (Phi) is 4.97. The second-order valence-corrected chi connectivity index (χ2v) is 6.37. The minimum Gasteiger partial charge on any atom is -0.457 e. The molecule has 1 aliphatic rings. The van der Waals surface area contributed by atoms with Crippen molar-refractivity contribution in [3.05, 3.63) is 83.9 Å². The van der Waals surface area contributed by atoms with Crippen LogP contribution >= 0.6 is 0 Å². The molecule has 4 rings (SSSR count). The standard InChI is InChI=1S/C23H19NO4/c1-16-2-8-19(9-3-16)28-20-10-6-18(7-11-20)24-23(25)13-5-17-4-12-21-22(14-17)27-15-26-21/h2-14H,15H2,1H3,(H,24,25)/b13-5+. The minimum absolute atomic E-state index is 0.218. The van der Waals surface area contributed by atoms with Crippen molar-refractivity contribution in [3.8, 4) is 23.0 Å². The van der Waals surface area contributed by atoms with Crippen molar-refractivity contribution in [3.63, 3.8) is 0 Å². The number of nitrogens with one attached hydrogen (secondary N) is 1. The van der Waals surface area contributed by atoms with Gasteiger partial charge >= 0.3 is 0 Å². The smallest absolute Gasteiger partial charge is 0.248 e. The number of hydrogen-bond donors (Lipinski definition) is 1. The molecule has 1 amide bonds. The minimum atomic E-state index is -0.218. The van der Waals surface area contributed by atoms with Gasteiger partial charge in [-0.2, -0.15) is 0 Å². The lowest BCUT2D eigenvalue weighted by molar-refractivity contribution is -0.111. The first-order valence-electron chi connectivity index (χ1n) is 8.89. The maximum atomic E-state index is 12.1. The van der Waals surface area contributed by atoms with E-state index in [1.807, 2.05) is 61.5 Å². The number of carbonyl (C=O) groups is 1. The summed E-state index contributed by atoms with van der Waals surface area (Å²) in [4.78, 5) is 12.1. The number of anilines is 1. The number of benzene rings is 3. The molecule has 3 aromatic rings. The molecule has 5 heteroatoms. The third kappa shape index (κ3) is 4.32. The van der Waals surface area contributed by atoms with Gasteiger partial charge in [0.2, 0.25) is 12.7 Å². The van der Waals surface area contributed by atoms with Crippen molar-refractivity contribution in [1.29, 1.82) is 0 Å². The van der Waals surface area contributed by atoms with Crippen LogP contribution in [0.15, 0.2) is 72.8 Å². The molecule has 0 bridgehead atoms. The molecule has 1 heterocycles. The van der Waals surface area contributed by atoms with E-state index in [1.54, 1.807) is 18.2 Å². The molecule has 28 heavy (non-hydrogen) atoms. The van der Waals surface area contributed by atoms with Crippen molar-refractivity contribution in [2.24, 2.45) is 0 Å². The third-order valence-corrected chi connectivity index (χ3v) is 4.20. The van der Waals surface area contributed by atoms with Crippen molar-refractivity contribution in [2.45, 2.75) is 6.92 Å². The molecule has 1 N–H and O–H groups in total. The number of amides is 1. The summed E-state index contributed by atoms with van der Waals surface area (Å²) in [6, 6.07) is 20.6. The summed E-state index contributed by atoms with van der Waals surface area (Å²) in [5, 5.41) is 2.83. The molecule has 0 aromatic heterocycles. The molecule has 0 unspecified atom stereocenters. The Morgan fingerprint density at radius 1 is 0.929 bits per heavy atom. The van der Waals surface area contributed by atoms with E-state index < -0.39 is 0 Å². The lowest BCUT2D eigenvalue weighted by Gasteiger charge is -2.07. The normalized spacial score (nSPS) is 12.2. The van der Waals surface area contributed by atoms with Crippen LogP contribution in [0, 0.1) is 6.92 Å². The van der Waals surface area contributed by atoms with Crippen molar-refractivity contribution in [1.82, 2.24) is 0 Å². The summed E-state index contributed by atoms with van der Waals surface area (Å²) >= 11 is 0. The summed E-state index contributed by atoms with van der Waals surface area (Å²) in [5.41, 5.74) is 2.73. The van der Waals surface area contributed by atoms with E-state index >= 15 is 0 Å². The van der Waals surface area contributed by atoms with Gasteiger partial charge < -0.3 is 19.5 Å². The van der Waals surface area contributed by atoms with E-state index in [2.05, 4.69) is 5.32 Å². The molecular weight excluding hydrogens is 354 g/mol. The fourth-order valence-corrected chi connectivity index (χ4v) is 2.72. The SMILES string of the molecule is Cc1ccc(Oc2ccc(NC(=O)/C=C/c3ccc4c(c3)OCO4)cc2)cc1. The zero-order valence-electron chi connectivity index (χ0n) is 15.3. The monoisotopic (exact) mass is 373 g/mol.